The number of rotatable bonds is 10. The molecule has 222 valence electrons. The van der Waals surface area contributed by atoms with E-state index in [0.717, 1.165) is 42.9 Å². The molecule has 0 spiro atoms. The summed E-state index contributed by atoms with van der Waals surface area (Å²) in [6.07, 6.45) is 1.68. The van der Waals surface area contributed by atoms with Crippen molar-refractivity contribution in [3.8, 4) is 16.2 Å². The Labute approximate surface area is 260 Å². The van der Waals surface area contributed by atoms with E-state index in [1.165, 1.54) is 5.56 Å². The van der Waals surface area contributed by atoms with Crippen molar-refractivity contribution >= 4 is 38.3 Å². The first kappa shape index (κ1) is 29.4. The number of aromatic nitrogens is 1. The highest BCUT2D eigenvalue weighted by Gasteiger charge is 2.25. The first-order valence-corrected chi connectivity index (χ1v) is 15.5. The van der Waals surface area contributed by atoms with Crippen molar-refractivity contribution in [2.24, 2.45) is 0 Å². The fraction of sp³-hybridized carbons (Fsp3) is 0.189. The van der Waals surface area contributed by atoms with Crippen LogP contribution in [-0.2, 0) is 24.4 Å². The van der Waals surface area contributed by atoms with Gasteiger partial charge in [0.25, 0.3) is 0 Å². The van der Waals surface area contributed by atoms with Crippen molar-refractivity contribution in [2.75, 3.05) is 20.8 Å². The zero-order chi connectivity index (χ0) is 30.6. The van der Waals surface area contributed by atoms with Gasteiger partial charge in [0, 0.05) is 30.7 Å². The van der Waals surface area contributed by atoms with Gasteiger partial charge in [0.1, 0.15) is 16.1 Å². The van der Waals surface area contributed by atoms with E-state index in [9.17, 15) is 9.59 Å². The molecule has 0 aliphatic carbocycles. The van der Waals surface area contributed by atoms with E-state index < -0.39 is 5.97 Å². The smallest absolute Gasteiger partial charge is 0.343 e. The third kappa shape index (κ3) is 5.89. The Balaban J connectivity index is 1.57. The fourth-order valence-electron chi connectivity index (χ4n) is 5.73. The Morgan fingerprint density at radius 2 is 1.61 bits per heavy atom. The molecule has 6 aromatic rings. The number of thiophene rings is 1. The van der Waals surface area contributed by atoms with E-state index in [-0.39, 0.29) is 17.6 Å². The van der Waals surface area contributed by atoms with Crippen LogP contribution in [0.3, 0.4) is 0 Å². The van der Waals surface area contributed by atoms with E-state index in [1.807, 2.05) is 65.2 Å². The Hall–Kier alpha value is -4.72. The lowest BCUT2D eigenvalue weighted by Crippen LogP contribution is -2.23. The highest BCUT2D eigenvalue weighted by Crippen LogP contribution is 2.39. The van der Waals surface area contributed by atoms with Gasteiger partial charge >= 0.3 is 5.97 Å². The molecule has 0 amide bonds. The molecule has 0 aliphatic heterocycles. The van der Waals surface area contributed by atoms with Crippen LogP contribution < -0.4 is 10.2 Å². The van der Waals surface area contributed by atoms with E-state index >= 15 is 0 Å². The molecule has 6 rings (SSSR count). The minimum absolute atomic E-state index is 0.0469. The monoisotopic (exact) mass is 602 g/mol. The predicted molar refractivity (Wildman–Crippen MR) is 179 cm³/mol. The molecule has 0 unspecified atom stereocenters. The SMILES string of the molecule is CCOC(=O)c1cn(Cc2cccc3ccccc23)c2sc(-c3ccc(OC)cc3)c(CN(C)Cc3ccccc3)c2c1=O. The standard InChI is InChI=1S/C37H34N2O4S/c1-4-43-37(41)32-24-39(22-28-15-10-14-26-13-8-9-16-30(26)28)36-33(34(32)40)31(23-38(2)21-25-11-6-5-7-12-25)35(44-36)27-17-19-29(42-3)20-18-27/h5-20,24H,4,21-23H2,1-3H3. The molecule has 4 aromatic carbocycles. The highest BCUT2D eigenvalue weighted by molar-refractivity contribution is 7.22. The maximum atomic E-state index is 14.2. The van der Waals surface area contributed by atoms with E-state index in [2.05, 4.69) is 48.3 Å². The lowest BCUT2D eigenvalue weighted by Gasteiger charge is -2.18. The normalized spacial score (nSPS) is 11.4. The maximum Gasteiger partial charge on any atom is 0.343 e. The van der Waals surface area contributed by atoms with Crippen molar-refractivity contribution in [2.45, 2.75) is 26.6 Å². The Kier molecular flexibility index (Phi) is 8.59. The third-order valence-electron chi connectivity index (χ3n) is 7.80. The van der Waals surface area contributed by atoms with Gasteiger partial charge in [0.05, 0.1) is 19.1 Å². The van der Waals surface area contributed by atoms with E-state index in [1.54, 1.807) is 31.6 Å². The van der Waals surface area contributed by atoms with Crippen LogP contribution in [0.25, 0.3) is 31.4 Å². The molecule has 0 N–H and O–H groups in total. The molecular formula is C37H34N2O4S. The van der Waals surface area contributed by atoms with Crippen molar-refractivity contribution in [3.63, 3.8) is 0 Å². The lowest BCUT2D eigenvalue weighted by molar-refractivity contribution is 0.0524. The zero-order valence-corrected chi connectivity index (χ0v) is 25.9. The van der Waals surface area contributed by atoms with Gasteiger partial charge in [-0.15, -0.1) is 11.3 Å². The molecule has 0 radical (unpaired) electrons. The highest BCUT2D eigenvalue weighted by atomic mass is 32.1. The van der Waals surface area contributed by atoms with E-state index in [4.69, 9.17) is 9.47 Å². The second kappa shape index (κ2) is 12.9. The summed E-state index contributed by atoms with van der Waals surface area (Å²) >= 11 is 1.58. The number of hydrogen-bond acceptors (Lipinski definition) is 6. The average molecular weight is 603 g/mol. The number of fused-ring (bicyclic) bond motifs is 2. The second-order valence-electron chi connectivity index (χ2n) is 10.8. The number of carbonyl (C=O) groups is 1. The summed E-state index contributed by atoms with van der Waals surface area (Å²) < 4.78 is 12.8. The Bertz CT molecular complexity index is 1990. The van der Waals surface area contributed by atoms with Gasteiger partial charge in [-0.05, 0) is 71.3 Å². The summed E-state index contributed by atoms with van der Waals surface area (Å²) in [5, 5.41) is 2.84. The van der Waals surface area contributed by atoms with Crippen molar-refractivity contribution in [3.05, 3.63) is 136 Å². The van der Waals surface area contributed by atoms with Crippen LogP contribution in [0.2, 0.25) is 0 Å². The quantitative estimate of drug-likeness (QED) is 0.150. The van der Waals surface area contributed by atoms with E-state index in [0.29, 0.717) is 25.0 Å². The van der Waals surface area contributed by atoms with Gasteiger partial charge in [-0.3, -0.25) is 9.69 Å². The Morgan fingerprint density at radius 1 is 0.886 bits per heavy atom. The average Bonchev–Trinajstić information content (AvgIpc) is 3.42. The Morgan fingerprint density at radius 3 is 2.36 bits per heavy atom. The van der Waals surface area contributed by atoms with Crippen LogP contribution >= 0.6 is 11.3 Å². The minimum Gasteiger partial charge on any atom is -0.497 e. The predicted octanol–water partition coefficient (Wildman–Crippen LogP) is 7.75. The molecule has 6 nitrogen and oxygen atoms in total. The number of carbonyl (C=O) groups excluding carboxylic acids is 1. The van der Waals surface area contributed by atoms with Gasteiger partial charge in [0.2, 0.25) is 5.43 Å². The third-order valence-corrected chi connectivity index (χ3v) is 9.12. The van der Waals surface area contributed by atoms with Gasteiger partial charge < -0.3 is 14.0 Å². The molecule has 0 atom stereocenters. The first-order chi connectivity index (χ1) is 21.5. The fourth-order valence-corrected chi connectivity index (χ4v) is 7.02. The van der Waals surface area contributed by atoms with Crippen LogP contribution in [-0.4, -0.2) is 36.2 Å². The maximum absolute atomic E-state index is 14.2. The van der Waals surface area contributed by atoms with Crippen LogP contribution in [0.4, 0.5) is 0 Å². The van der Waals surface area contributed by atoms with Gasteiger partial charge in [-0.1, -0.05) is 72.8 Å². The molecule has 0 aliphatic rings. The molecule has 7 heteroatoms. The number of hydrogen-bond donors (Lipinski definition) is 0. The molecule has 0 bridgehead atoms. The van der Waals surface area contributed by atoms with Crippen molar-refractivity contribution in [1.29, 1.82) is 0 Å². The van der Waals surface area contributed by atoms with Gasteiger partial charge in [0.15, 0.2) is 0 Å². The summed E-state index contributed by atoms with van der Waals surface area (Å²) in [5.74, 6) is 0.157. The number of ether oxygens (including phenoxy) is 2. The molecule has 0 fully saturated rings. The molecule has 44 heavy (non-hydrogen) atoms. The second-order valence-corrected chi connectivity index (χ2v) is 11.8. The van der Waals surface area contributed by atoms with Gasteiger partial charge in [-0.25, -0.2) is 4.79 Å². The number of methoxy groups -OCH3 is 1. The summed E-state index contributed by atoms with van der Waals surface area (Å²) in [4.78, 5) is 31.4. The van der Waals surface area contributed by atoms with Gasteiger partial charge in [-0.2, -0.15) is 0 Å². The number of nitrogens with zero attached hydrogens (tertiary/aromatic N) is 2. The summed E-state index contributed by atoms with van der Waals surface area (Å²) in [6, 6.07) is 32.7. The lowest BCUT2D eigenvalue weighted by atomic mass is 10.0. The van der Waals surface area contributed by atoms with Crippen LogP contribution in [0, 0.1) is 0 Å². The summed E-state index contributed by atoms with van der Waals surface area (Å²) in [6.45, 7) is 3.66. The molecule has 0 saturated heterocycles. The number of pyridine rings is 1. The molecular weight excluding hydrogens is 568 g/mol. The number of esters is 1. The summed E-state index contributed by atoms with van der Waals surface area (Å²) in [7, 11) is 3.70. The molecule has 2 aromatic heterocycles. The largest absolute Gasteiger partial charge is 0.497 e. The number of benzene rings is 4. The van der Waals surface area contributed by atoms with Crippen LogP contribution in [0.15, 0.2) is 108 Å². The zero-order valence-electron chi connectivity index (χ0n) is 25.1. The first-order valence-electron chi connectivity index (χ1n) is 14.7. The van der Waals surface area contributed by atoms with Crippen LogP contribution in [0.1, 0.15) is 34.0 Å². The minimum atomic E-state index is -0.605. The van der Waals surface area contributed by atoms with Crippen molar-refractivity contribution < 1.29 is 14.3 Å². The summed E-state index contributed by atoms with van der Waals surface area (Å²) in [5.41, 5.74) is 3.92. The molecule has 2 heterocycles. The van der Waals surface area contributed by atoms with Crippen molar-refractivity contribution in [1.82, 2.24) is 9.47 Å². The topological polar surface area (TPSA) is 60.8 Å². The van der Waals surface area contributed by atoms with Crippen LogP contribution in [0.5, 0.6) is 5.75 Å². The molecule has 0 saturated carbocycles.